The molecule has 0 aliphatic carbocycles. The maximum absolute atomic E-state index is 12.6. The first-order valence-corrected chi connectivity index (χ1v) is 8.64. The average molecular weight is 509 g/mol. The number of aromatic nitrogens is 3. The molecule has 0 atom stereocenters. The highest BCUT2D eigenvalue weighted by molar-refractivity contribution is 14.0. The number of imidazole rings is 1. The Morgan fingerprint density at radius 2 is 1.89 bits per heavy atom. The van der Waals surface area contributed by atoms with Crippen molar-refractivity contribution in [1.29, 1.82) is 0 Å². The maximum Gasteiger partial charge on any atom is 0.406 e. The summed E-state index contributed by atoms with van der Waals surface area (Å²) in [6.07, 6.45) is 0.195. The van der Waals surface area contributed by atoms with Crippen molar-refractivity contribution in [1.82, 2.24) is 24.8 Å². The van der Waals surface area contributed by atoms with Gasteiger partial charge in [0, 0.05) is 51.8 Å². The lowest BCUT2D eigenvalue weighted by Crippen LogP contribution is -2.52. The van der Waals surface area contributed by atoms with Gasteiger partial charge in [0.1, 0.15) is 18.2 Å². The van der Waals surface area contributed by atoms with Gasteiger partial charge in [-0.1, -0.05) is 6.07 Å². The lowest BCUT2D eigenvalue weighted by atomic mass is 10.3. The summed E-state index contributed by atoms with van der Waals surface area (Å²) < 4.78 is 39.0. The molecule has 0 saturated carbocycles. The molecule has 1 fully saturated rings. The quantitative estimate of drug-likeness (QED) is 0.390. The first-order chi connectivity index (χ1) is 13.0. The molecule has 0 spiro atoms. The van der Waals surface area contributed by atoms with Gasteiger partial charge in [0.15, 0.2) is 5.96 Å². The van der Waals surface area contributed by atoms with Gasteiger partial charge in [-0.2, -0.15) is 13.2 Å². The summed E-state index contributed by atoms with van der Waals surface area (Å²) in [7, 11) is 1.66. The van der Waals surface area contributed by atoms with Gasteiger partial charge in [-0.25, -0.2) is 9.97 Å². The number of alkyl halides is 3. The van der Waals surface area contributed by atoms with Crippen LogP contribution in [0.3, 0.4) is 0 Å². The van der Waals surface area contributed by atoms with Crippen molar-refractivity contribution >= 4 is 35.8 Å². The Bertz CT molecular complexity index is 756. The van der Waals surface area contributed by atoms with Gasteiger partial charge in [0.25, 0.3) is 0 Å². The first-order valence-electron chi connectivity index (χ1n) is 8.64. The molecule has 2 aromatic rings. The minimum atomic E-state index is -4.28. The Morgan fingerprint density at radius 1 is 1.14 bits per heavy atom. The molecule has 2 aromatic heterocycles. The van der Waals surface area contributed by atoms with Gasteiger partial charge in [-0.3, -0.25) is 4.99 Å². The highest BCUT2D eigenvalue weighted by atomic mass is 127. The first kappa shape index (κ1) is 22.2. The molecule has 0 bridgehead atoms. The summed E-state index contributed by atoms with van der Waals surface area (Å²) >= 11 is 0. The fraction of sp³-hybridized carbons (Fsp3) is 0.471. The number of nitrogens with one attached hydrogen (secondary N) is 1. The largest absolute Gasteiger partial charge is 0.406 e. The van der Waals surface area contributed by atoms with E-state index < -0.39 is 12.7 Å². The topological polar surface area (TPSA) is 61.6 Å². The molecule has 3 rings (SSSR count). The molecule has 3 heterocycles. The summed E-state index contributed by atoms with van der Waals surface area (Å²) in [5.41, 5.74) is 0. The number of hydrogen-bond acceptors (Lipinski definition) is 4. The second kappa shape index (κ2) is 9.94. The van der Waals surface area contributed by atoms with Crippen LogP contribution in [0.15, 0.2) is 41.8 Å². The van der Waals surface area contributed by atoms with E-state index in [4.69, 9.17) is 0 Å². The van der Waals surface area contributed by atoms with E-state index in [1.165, 1.54) is 12.4 Å². The van der Waals surface area contributed by atoms with Crippen LogP contribution in [0.1, 0.15) is 5.82 Å². The predicted octanol–water partition coefficient (Wildman–Crippen LogP) is 2.36. The normalized spacial score (nSPS) is 15.4. The third-order valence-corrected chi connectivity index (χ3v) is 4.32. The third kappa shape index (κ3) is 5.97. The number of aliphatic imine (C=N–C) groups is 1. The third-order valence-electron chi connectivity index (χ3n) is 4.32. The van der Waals surface area contributed by atoms with Crippen LogP contribution in [-0.4, -0.2) is 64.8 Å². The zero-order valence-electron chi connectivity index (χ0n) is 15.4. The van der Waals surface area contributed by atoms with Gasteiger partial charge in [-0.15, -0.1) is 24.0 Å². The number of hydrogen-bond donors (Lipinski definition) is 1. The van der Waals surface area contributed by atoms with E-state index in [1.807, 2.05) is 18.2 Å². The van der Waals surface area contributed by atoms with Crippen LogP contribution in [0.5, 0.6) is 0 Å². The van der Waals surface area contributed by atoms with Gasteiger partial charge >= 0.3 is 6.18 Å². The Morgan fingerprint density at radius 3 is 2.50 bits per heavy atom. The Labute approximate surface area is 178 Å². The van der Waals surface area contributed by atoms with Crippen molar-refractivity contribution in [2.24, 2.45) is 4.99 Å². The minimum Gasteiger partial charge on any atom is -0.353 e. The van der Waals surface area contributed by atoms with Crippen molar-refractivity contribution in [2.45, 2.75) is 19.3 Å². The summed E-state index contributed by atoms with van der Waals surface area (Å²) in [4.78, 5) is 16.9. The number of anilines is 1. The molecule has 0 amide bonds. The molecule has 1 saturated heterocycles. The molecule has 28 heavy (non-hydrogen) atoms. The van der Waals surface area contributed by atoms with Crippen LogP contribution < -0.4 is 10.2 Å². The van der Waals surface area contributed by atoms with Crippen LogP contribution >= 0.6 is 24.0 Å². The van der Waals surface area contributed by atoms with Crippen molar-refractivity contribution in [3.8, 4) is 0 Å². The Hall–Kier alpha value is -2.05. The van der Waals surface area contributed by atoms with E-state index in [1.54, 1.807) is 13.2 Å². The molecule has 0 aromatic carbocycles. The molecule has 1 aliphatic rings. The number of nitrogens with zero attached hydrogens (tertiary/aromatic N) is 6. The van der Waals surface area contributed by atoms with Crippen LogP contribution in [0.4, 0.5) is 19.0 Å². The lowest BCUT2D eigenvalue weighted by Gasteiger charge is -2.37. The molecular formula is C17H23F3IN7. The van der Waals surface area contributed by atoms with Crippen LogP contribution in [0.25, 0.3) is 0 Å². The van der Waals surface area contributed by atoms with Crippen molar-refractivity contribution in [3.63, 3.8) is 0 Å². The summed E-state index contributed by atoms with van der Waals surface area (Å²) in [5, 5.41) is 3.11. The second-order valence-electron chi connectivity index (χ2n) is 6.15. The Balaban J connectivity index is 0.00000280. The average Bonchev–Trinajstić information content (AvgIpc) is 3.09. The van der Waals surface area contributed by atoms with E-state index in [2.05, 4.69) is 30.1 Å². The van der Waals surface area contributed by atoms with Crippen molar-refractivity contribution < 1.29 is 13.2 Å². The molecule has 1 N–H and O–H groups in total. The summed E-state index contributed by atoms with van der Waals surface area (Å²) in [6.45, 7) is 2.20. The van der Waals surface area contributed by atoms with Gasteiger partial charge in [0.05, 0.1) is 6.54 Å². The van der Waals surface area contributed by atoms with E-state index in [0.29, 0.717) is 11.8 Å². The zero-order valence-corrected chi connectivity index (χ0v) is 17.8. The number of piperazine rings is 1. The van der Waals surface area contributed by atoms with E-state index in [0.717, 1.165) is 36.6 Å². The lowest BCUT2D eigenvalue weighted by molar-refractivity contribution is -0.141. The molecule has 1 aliphatic heterocycles. The molecule has 0 radical (unpaired) electrons. The predicted molar refractivity (Wildman–Crippen MR) is 112 cm³/mol. The van der Waals surface area contributed by atoms with E-state index in [9.17, 15) is 13.2 Å². The smallest absolute Gasteiger partial charge is 0.353 e. The van der Waals surface area contributed by atoms with Crippen LogP contribution in [-0.2, 0) is 13.1 Å². The number of halogens is 4. The fourth-order valence-corrected chi connectivity index (χ4v) is 3.02. The van der Waals surface area contributed by atoms with Gasteiger partial charge in [-0.05, 0) is 12.1 Å². The van der Waals surface area contributed by atoms with E-state index in [-0.39, 0.29) is 30.5 Å². The molecule has 154 valence electrons. The highest BCUT2D eigenvalue weighted by Crippen LogP contribution is 2.18. The van der Waals surface area contributed by atoms with Gasteiger partial charge < -0.3 is 19.7 Å². The minimum absolute atomic E-state index is 0. The Kier molecular flexibility index (Phi) is 7.89. The van der Waals surface area contributed by atoms with Crippen molar-refractivity contribution in [2.75, 3.05) is 38.1 Å². The van der Waals surface area contributed by atoms with Crippen LogP contribution in [0, 0.1) is 0 Å². The summed E-state index contributed by atoms with van der Waals surface area (Å²) in [6, 6.07) is 5.82. The fourth-order valence-electron chi connectivity index (χ4n) is 3.02. The second-order valence-corrected chi connectivity index (χ2v) is 6.15. The van der Waals surface area contributed by atoms with Crippen molar-refractivity contribution in [3.05, 3.63) is 42.6 Å². The zero-order chi connectivity index (χ0) is 19.3. The molecular weight excluding hydrogens is 486 g/mol. The number of pyridine rings is 1. The molecule has 7 nitrogen and oxygen atoms in total. The number of guanidine groups is 1. The number of rotatable bonds is 4. The standard InChI is InChI=1S/C17H22F3N7.HI/c1-21-16(24-12-15-23-6-7-27(15)13-17(18,19)20)26-10-8-25(9-11-26)14-4-2-3-5-22-14;/h2-7H,8-13H2,1H3,(H,21,24);1H. The van der Waals surface area contributed by atoms with Gasteiger partial charge in [0.2, 0.25) is 0 Å². The van der Waals surface area contributed by atoms with Crippen LogP contribution in [0.2, 0.25) is 0 Å². The maximum atomic E-state index is 12.6. The monoisotopic (exact) mass is 509 g/mol. The molecule has 0 unspecified atom stereocenters. The summed E-state index contributed by atoms with van der Waals surface area (Å²) in [5.74, 6) is 1.91. The SMILES string of the molecule is CN=C(NCc1nccn1CC(F)(F)F)N1CCN(c2ccccn2)CC1.I. The van der Waals surface area contributed by atoms with E-state index >= 15 is 0 Å². The molecule has 11 heteroatoms. The highest BCUT2D eigenvalue weighted by Gasteiger charge is 2.29.